The summed E-state index contributed by atoms with van der Waals surface area (Å²) < 4.78 is 0.927. The second kappa shape index (κ2) is 2.95. The Kier molecular flexibility index (Phi) is 2.07. The van der Waals surface area contributed by atoms with E-state index >= 15 is 0 Å². The van der Waals surface area contributed by atoms with E-state index in [0.717, 1.165) is 15.5 Å². The highest BCUT2D eigenvalue weighted by Gasteiger charge is 2.02. The van der Waals surface area contributed by atoms with Crippen molar-refractivity contribution in [1.82, 2.24) is 4.98 Å². The van der Waals surface area contributed by atoms with Gasteiger partial charge in [0.1, 0.15) is 0 Å². The van der Waals surface area contributed by atoms with E-state index in [9.17, 15) is 0 Å². The van der Waals surface area contributed by atoms with Crippen molar-refractivity contribution in [2.45, 2.75) is 0 Å². The Labute approximate surface area is 87.8 Å². The highest BCUT2D eigenvalue weighted by Crippen LogP contribution is 2.29. The van der Waals surface area contributed by atoms with Crippen LogP contribution < -0.4 is 0 Å². The van der Waals surface area contributed by atoms with Crippen molar-refractivity contribution in [3.05, 3.63) is 32.8 Å². The van der Waals surface area contributed by atoms with Crippen molar-refractivity contribution in [3.63, 3.8) is 0 Å². The van der Waals surface area contributed by atoms with Crippen LogP contribution in [0.4, 0.5) is 0 Å². The van der Waals surface area contributed by atoms with Gasteiger partial charge in [0.15, 0.2) is 0 Å². The molecule has 0 spiro atoms. The van der Waals surface area contributed by atoms with Crippen LogP contribution in [0.5, 0.6) is 0 Å². The molecule has 0 atom stereocenters. The van der Waals surface area contributed by atoms with E-state index in [1.54, 1.807) is 0 Å². The average Bonchev–Trinajstić information content (AvgIpc) is 2.30. The summed E-state index contributed by atoms with van der Waals surface area (Å²) >= 11 is 15.0. The zero-order valence-electron chi connectivity index (χ0n) is 5.87. The predicted molar refractivity (Wildman–Crippen MR) is 56.0 cm³/mol. The van der Waals surface area contributed by atoms with Crippen LogP contribution in [0.1, 0.15) is 0 Å². The third-order valence-electron chi connectivity index (χ3n) is 1.63. The Morgan fingerprint density at radius 3 is 2.50 bits per heavy atom. The predicted octanol–water partition coefficient (Wildman–Crippen LogP) is 4.24. The summed E-state index contributed by atoms with van der Waals surface area (Å²) in [6, 6.07) is 5.60. The van der Waals surface area contributed by atoms with Crippen molar-refractivity contribution in [3.8, 4) is 0 Å². The molecular weight excluding hydrogens is 261 g/mol. The van der Waals surface area contributed by atoms with Gasteiger partial charge in [0.05, 0.1) is 14.6 Å². The van der Waals surface area contributed by atoms with Crippen molar-refractivity contribution in [2.24, 2.45) is 0 Å². The summed E-state index contributed by atoms with van der Waals surface area (Å²) in [7, 11) is 0. The van der Waals surface area contributed by atoms with Crippen LogP contribution in [0.15, 0.2) is 22.8 Å². The lowest BCUT2D eigenvalue weighted by Gasteiger charge is -1.94. The molecule has 1 aromatic heterocycles. The monoisotopic (exact) mass is 263 g/mol. The van der Waals surface area contributed by atoms with E-state index in [1.807, 2.05) is 18.2 Å². The van der Waals surface area contributed by atoms with Gasteiger partial charge in [-0.05, 0) is 34.1 Å². The molecule has 1 aromatic carbocycles. The molecule has 62 valence electrons. The van der Waals surface area contributed by atoms with Crippen LogP contribution in [0, 0.1) is 0 Å². The van der Waals surface area contributed by atoms with Crippen molar-refractivity contribution in [2.75, 3.05) is 0 Å². The lowest BCUT2D eigenvalue weighted by Crippen LogP contribution is -1.70. The molecule has 0 aliphatic rings. The molecule has 1 heterocycles. The smallest absolute Gasteiger partial charge is 0.0830 e. The molecule has 0 saturated heterocycles. The summed E-state index contributed by atoms with van der Waals surface area (Å²) in [4.78, 5) is 3.10. The van der Waals surface area contributed by atoms with E-state index in [-0.39, 0.29) is 0 Å². The van der Waals surface area contributed by atoms with Gasteiger partial charge in [0, 0.05) is 10.9 Å². The molecule has 2 aromatic rings. The van der Waals surface area contributed by atoms with Crippen LogP contribution in [0.2, 0.25) is 10.0 Å². The summed E-state index contributed by atoms with van der Waals surface area (Å²) in [5.74, 6) is 0. The molecule has 1 N–H and O–H groups in total. The maximum atomic E-state index is 5.84. The summed E-state index contributed by atoms with van der Waals surface area (Å²) in [5, 5.41) is 2.20. The minimum atomic E-state index is 0.568. The quantitative estimate of drug-likeness (QED) is 0.733. The number of hydrogen-bond acceptors (Lipinski definition) is 0. The minimum Gasteiger partial charge on any atom is -0.349 e. The number of hydrogen-bond donors (Lipinski definition) is 1. The normalized spacial score (nSPS) is 10.9. The average molecular weight is 265 g/mol. The van der Waals surface area contributed by atoms with Crippen LogP contribution in [-0.4, -0.2) is 4.98 Å². The maximum Gasteiger partial charge on any atom is 0.0830 e. The van der Waals surface area contributed by atoms with Gasteiger partial charge in [-0.15, -0.1) is 0 Å². The number of fused-ring (bicyclic) bond motifs is 1. The molecule has 4 heteroatoms. The van der Waals surface area contributed by atoms with Gasteiger partial charge in [0.2, 0.25) is 0 Å². The van der Waals surface area contributed by atoms with Crippen LogP contribution in [-0.2, 0) is 0 Å². The number of H-pyrrole nitrogens is 1. The molecule has 0 bridgehead atoms. The van der Waals surface area contributed by atoms with Crippen LogP contribution >= 0.6 is 39.1 Å². The Balaban J connectivity index is 2.83. The number of aromatic nitrogens is 1. The maximum absolute atomic E-state index is 5.84. The van der Waals surface area contributed by atoms with Crippen molar-refractivity contribution < 1.29 is 0 Å². The molecular formula is C8H4BrCl2N. The Morgan fingerprint density at radius 2 is 1.75 bits per heavy atom. The minimum absolute atomic E-state index is 0.568. The van der Waals surface area contributed by atoms with Crippen LogP contribution in [0.25, 0.3) is 10.9 Å². The molecule has 0 fully saturated rings. The summed E-state index contributed by atoms with van der Waals surface area (Å²) in [6.07, 6.45) is 0. The first-order valence-corrected chi connectivity index (χ1v) is 4.85. The lowest BCUT2D eigenvalue weighted by molar-refractivity contribution is 1.41. The molecule has 1 nitrogen and oxygen atoms in total. The molecule has 0 aliphatic carbocycles. The molecule has 0 unspecified atom stereocenters. The fraction of sp³-hybridized carbons (Fsp3) is 0. The van der Waals surface area contributed by atoms with Gasteiger partial charge in [-0.2, -0.15) is 0 Å². The summed E-state index contributed by atoms with van der Waals surface area (Å²) in [5.41, 5.74) is 0.983. The van der Waals surface area contributed by atoms with Crippen molar-refractivity contribution >= 4 is 50.0 Å². The molecule has 0 aliphatic heterocycles. The Bertz CT molecular complexity index is 397. The topological polar surface area (TPSA) is 15.8 Å². The number of benzene rings is 1. The van der Waals surface area contributed by atoms with E-state index in [4.69, 9.17) is 23.2 Å². The highest BCUT2D eigenvalue weighted by atomic mass is 79.9. The SMILES string of the molecule is Clc1cc2cc(Br)[nH]c2cc1Cl. The van der Waals surface area contributed by atoms with Gasteiger partial charge < -0.3 is 4.98 Å². The Morgan fingerprint density at radius 1 is 1.08 bits per heavy atom. The van der Waals surface area contributed by atoms with Gasteiger partial charge in [-0.25, -0.2) is 0 Å². The third kappa shape index (κ3) is 1.35. The molecule has 12 heavy (non-hydrogen) atoms. The first-order valence-electron chi connectivity index (χ1n) is 3.30. The van der Waals surface area contributed by atoms with E-state index in [2.05, 4.69) is 20.9 Å². The van der Waals surface area contributed by atoms with E-state index < -0.39 is 0 Å². The van der Waals surface area contributed by atoms with Gasteiger partial charge in [0.25, 0.3) is 0 Å². The van der Waals surface area contributed by atoms with Gasteiger partial charge in [-0.1, -0.05) is 23.2 Å². The standard InChI is InChI=1S/C8H4BrCl2N/c9-8-2-4-1-5(10)6(11)3-7(4)12-8/h1-3,12H. The second-order valence-electron chi connectivity index (χ2n) is 2.47. The molecule has 2 rings (SSSR count). The van der Waals surface area contributed by atoms with Crippen LogP contribution in [0.3, 0.4) is 0 Å². The number of nitrogens with one attached hydrogen (secondary N) is 1. The summed E-state index contributed by atoms with van der Waals surface area (Å²) in [6.45, 7) is 0. The third-order valence-corrected chi connectivity index (χ3v) is 2.78. The highest BCUT2D eigenvalue weighted by molar-refractivity contribution is 9.10. The molecule has 0 radical (unpaired) electrons. The number of rotatable bonds is 0. The number of aromatic amines is 1. The van der Waals surface area contributed by atoms with Gasteiger partial charge in [-0.3, -0.25) is 0 Å². The first-order chi connectivity index (χ1) is 5.66. The largest absolute Gasteiger partial charge is 0.349 e. The fourth-order valence-electron chi connectivity index (χ4n) is 1.09. The fourth-order valence-corrected chi connectivity index (χ4v) is 1.89. The Hall–Kier alpha value is -0.180. The van der Waals surface area contributed by atoms with E-state index in [0.29, 0.717) is 10.0 Å². The second-order valence-corrected chi connectivity index (χ2v) is 4.14. The van der Waals surface area contributed by atoms with Gasteiger partial charge >= 0.3 is 0 Å². The number of halogens is 3. The zero-order valence-corrected chi connectivity index (χ0v) is 8.96. The van der Waals surface area contributed by atoms with Crippen molar-refractivity contribution in [1.29, 1.82) is 0 Å². The first kappa shape index (κ1) is 8.42. The zero-order chi connectivity index (χ0) is 8.72. The molecule has 0 amide bonds. The molecule has 0 saturated carbocycles. The van der Waals surface area contributed by atoms with E-state index in [1.165, 1.54) is 0 Å². The lowest BCUT2D eigenvalue weighted by atomic mass is 10.2.